The van der Waals surface area contributed by atoms with Crippen LogP contribution in [0.2, 0.25) is 0 Å². The van der Waals surface area contributed by atoms with Crippen LogP contribution in [0.4, 0.5) is 5.69 Å². The van der Waals surface area contributed by atoms with E-state index in [0.717, 1.165) is 7.11 Å². The zero-order chi connectivity index (χ0) is 59.5. The van der Waals surface area contributed by atoms with Crippen molar-refractivity contribution >= 4 is 35.0 Å². The van der Waals surface area contributed by atoms with E-state index in [1.807, 2.05) is 19.9 Å². The summed E-state index contributed by atoms with van der Waals surface area (Å²) in [5.74, 6) is -5.97. The molecule has 21 nitrogen and oxygen atoms in total. The number of ether oxygens (including phenoxy) is 4. The highest BCUT2D eigenvalue weighted by atomic mass is 16.7. The van der Waals surface area contributed by atoms with Crippen LogP contribution in [0.3, 0.4) is 0 Å². The van der Waals surface area contributed by atoms with Crippen molar-refractivity contribution in [1.82, 2.24) is 0 Å². The fraction of sp³-hybridized carbons (Fsp3) is 0.576. The summed E-state index contributed by atoms with van der Waals surface area (Å²) >= 11 is 0. The van der Waals surface area contributed by atoms with Crippen LogP contribution >= 0.6 is 0 Å². The summed E-state index contributed by atoms with van der Waals surface area (Å²) in [6.07, 6.45) is 1.25. The van der Waals surface area contributed by atoms with Crippen molar-refractivity contribution in [3.8, 4) is 0 Å². The number of carbonyl (C=O) groups excluding carboxylic acids is 5. The molecule has 80 heavy (non-hydrogen) atoms. The molecule has 0 bridgehead atoms. The number of carbonyl (C=O) groups is 5. The van der Waals surface area contributed by atoms with Gasteiger partial charge in [0.2, 0.25) is 0 Å². The number of allylic oxidation sites excluding steroid dienone is 12. The van der Waals surface area contributed by atoms with E-state index in [0.29, 0.717) is 17.7 Å². The first-order valence-corrected chi connectivity index (χ1v) is 27.1. The van der Waals surface area contributed by atoms with Crippen LogP contribution in [0.25, 0.3) is 0 Å². The van der Waals surface area contributed by atoms with Crippen LogP contribution in [-0.2, 0) is 38.1 Å². The van der Waals surface area contributed by atoms with Gasteiger partial charge in [0.1, 0.15) is 29.7 Å². The Balaban J connectivity index is 1.84. The van der Waals surface area contributed by atoms with E-state index < -0.39 is 172 Å². The molecule has 2 aliphatic heterocycles. The molecule has 0 radical (unpaired) electrons. The van der Waals surface area contributed by atoms with Crippen molar-refractivity contribution in [2.45, 2.75) is 190 Å². The number of cyclic esters (lactones) is 1. The number of benzene rings is 1. The number of hydrogen-bond acceptors (Lipinski definition) is 21. The van der Waals surface area contributed by atoms with Crippen molar-refractivity contribution < 1.29 is 94.0 Å². The highest BCUT2D eigenvalue weighted by Gasteiger charge is 2.43. The van der Waals surface area contributed by atoms with Gasteiger partial charge in [-0.1, -0.05) is 98.9 Å². The van der Waals surface area contributed by atoms with Crippen molar-refractivity contribution in [2.75, 3.05) is 12.8 Å². The first-order valence-electron chi connectivity index (χ1n) is 27.1. The molecule has 1 fully saturated rings. The smallest absolute Gasteiger partial charge is 0.313 e. The van der Waals surface area contributed by atoms with E-state index in [9.17, 15) is 75.0 Å². The van der Waals surface area contributed by atoms with Crippen LogP contribution in [0.1, 0.15) is 108 Å². The maximum absolute atomic E-state index is 13.3. The highest BCUT2D eigenvalue weighted by Crippen LogP contribution is 2.28. The van der Waals surface area contributed by atoms with Crippen LogP contribution in [0, 0.1) is 17.8 Å². The number of ketones is 3. The van der Waals surface area contributed by atoms with E-state index in [1.165, 1.54) is 13.0 Å². The van der Waals surface area contributed by atoms with Crippen LogP contribution in [0.5, 0.6) is 0 Å². The minimum atomic E-state index is -1.84. The fourth-order valence-corrected chi connectivity index (χ4v) is 9.35. The molecule has 21 heteroatoms. The number of nitrogens with two attached hydrogens (primary N) is 2. The summed E-state index contributed by atoms with van der Waals surface area (Å²) in [4.78, 5) is 65.1. The quantitative estimate of drug-likeness (QED) is 0.0908. The third kappa shape index (κ3) is 25.6. The molecule has 18 atom stereocenters. The van der Waals surface area contributed by atoms with Gasteiger partial charge >= 0.3 is 11.9 Å². The molecule has 1 aromatic carbocycles. The predicted molar refractivity (Wildman–Crippen MR) is 296 cm³/mol. The van der Waals surface area contributed by atoms with E-state index in [-0.39, 0.29) is 36.9 Å². The molecule has 14 N–H and O–H groups in total. The fourth-order valence-electron chi connectivity index (χ4n) is 9.35. The summed E-state index contributed by atoms with van der Waals surface area (Å²) < 4.78 is 22.4. The number of anilines is 1. The van der Waals surface area contributed by atoms with Gasteiger partial charge in [0, 0.05) is 55.7 Å². The number of methoxy groups -OCH3 is 1. The Morgan fingerprint density at radius 2 is 1.14 bits per heavy atom. The number of rotatable bonds is 10. The summed E-state index contributed by atoms with van der Waals surface area (Å²) in [6, 6.07) is 5.22. The molecular formula is C59H86N2O19. The molecule has 0 amide bonds. The Morgan fingerprint density at radius 1 is 0.637 bits per heavy atom. The maximum atomic E-state index is 13.3. The lowest BCUT2D eigenvalue weighted by Gasteiger charge is -2.41. The predicted octanol–water partition coefficient (Wildman–Crippen LogP) is 2.22. The standard InChI is InChI=1S/C59H86N2O19/c1-35-17-15-13-11-9-7-5-6-8-10-12-14-16-18-48(79-59-56(75)54(61)55(74)37(3)78-59)34-51(72)53(58(76)77-4)50(71)32-46(68)29-44(66)27-42(64)25-41(63)26-43(65)28-45(67)30-47(69)33-52(73)80-57(35)36(2)19-24-40(62)31-49(70)38-20-22-39(60)23-21-38/h5-18,20-23,35-37,40-44,47-48,50-51,53-57,59,62-66,69,71-72,74-75H,19,24-34,60-61H2,1-4H3/b6-5+,9-7+,10-8+,13-11+,14-12+,17-15+,18-16+/t35?,36?,37-,40?,41?,42?,43?,44?,47?,48?,50?,51?,53?,54+,55-,56+,57?,59?/m1/s1. The number of Topliss-reactive ketones (excluding diaryl/α,β-unsaturated/α-hetero) is 3. The largest absolute Gasteiger partial charge is 0.469 e. The lowest BCUT2D eigenvalue weighted by atomic mass is 9.88. The van der Waals surface area contributed by atoms with E-state index in [4.69, 9.17) is 30.4 Å². The van der Waals surface area contributed by atoms with Crippen LogP contribution in [-0.4, -0.2) is 179 Å². The van der Waals surface area contributed by atoms with E-state index in [2.05, 4.69) is 0 Å². The number of hydrogen-bond donors (Lipinski definition) is 12. The number of aliphatic hydroxyl groups is 10. The summed E-state index contributed by atoms with van der Waals surface area (Å²) in [6.45, 7) is 5.19. The number of aliphatic hydroxyl groups excluding tert-OH is 10. The molecule has 446 valence electrons. The molecule has 0 aromatic heterocycles. The van der Waals surface area contributed by atoms with Gasteiger partial charge in [0.25, 0.3) is 0 Å². The Kier molecular flexibility index (Phi) is 31.1. The van der Waals surface area contributed by atoms with Gasteiger partial charge in [-0.25, -0.2) is 0 Å². The monoisotopic (exact) mass is 1130 g/mol. The van der Waals surface area contributed by atoms with Crippen molar-refractivity contribution in [2.24, 2.45) is 23.5 Å². The topological polar surface area (TPSA) is 377 Å². The molecule has 1 aromatic rings. The third-order valence-electron chi connectivity index (χ3n) is 13.8. The molecule has 3 rings (SSSR count). The van der Waals surface area contributed by atoms with Gasteiger partial charge < -0.3 is 81.5 Å². The van der Waals surface area contributed by atoms with E-state index in [1.54, 1.807) is 97.2 Å². The van der Waals surface area contributed by atoms with Gasteiger partial charge in [0.15, 0.2) is 12.1 Å². The Hall–Kier alpha value is -5.37. The van der Waals surface area contributed by atoms with Gasteiger partial charge in [-0.3, -0.25) is 24.0 Å². The van der Waals surface area contributed by atoms with Gasteiger partial charge in [-0.05, 0) is 69.2 Å². The zero-order valence-corrected chi connectivity index (χ0v) is 46.1. The maximum Gasteiger partial charge on any atom is 0.313 e. The summed E-state index contributed by atoms with van der Waals surface area (Å²) in [7, 11) is 1.01. The Bertz CT molecular complexity index is 2280. The van der Waals surface area contributed by atoms with Crippen molar-refractivity contribution in [3.05, 3.63) is 115 Å². The number of nitrogen functional groups attached to an aromatic ring is 1. The summed E-state index contributed by atoms with van der Waals surface area (Å²) in [5, 5.41) is 108. The van der Waals surface area contributed by atoms with Gasteiger partial charge in [-0.2, -0.15) is 0 Å². The second-order valence-electron chi connectivity index (χ2n) is 20.9. The average Bonchev–Trinajstić information content (AvgIpc) is 3.42. The molecule has 14 unspecified atom stereocenters. The van der Waals surface area contributed by atoms with Crippen molar-refractivity contribution in [3.63, 3.8) is 0 Å². The van der Waals surface area contributed by atoms with Crippen LogP contribution in [0.15, 0.2) is 109 Å². The normalized spacial score (nSPS) is 35.8. The highest BCUT2D eigenvalue weighted by molar-refractivity contribution is 5.96. The Labute approximate surface area is 468 Å². The first kappa shape index (κ1) is 68.9. The molecule has 0 aliphatic carbocycles. The van der Waals surface area contributed by atoms with Crippen molar-refractivity contribution in [1.29, 1.82) is 0 Å². The van der Waals surface area contributed by atoms with E-state index >= 15 is 0 Å². The second kappa shape index (κ2) is 36.2. The lowest BCUT2D eigenvalue weighted by Crippen LogP contribution is -2.61. The SMILES string of the molecule is COC(=O)C1C(O)CC(=O)CC(O)CC(O)CC(O)CC(O)CC(=O)CC(O)CC(=O)OC(C(C)CCC(O)CC(=O)c2ccc(N)cc2)C(C)/C=C/C=C/C=C/C=C/C=C/C=C/C=C/C(OC2O[C@H](C)[C@@H](O)[C@H](N)[C@@H]2O)CC1O. The molecule has 1 saturated heterocycles. The average molecular weight is 1130 g/mol. The zero-order valence-electron chi connectivity index (χ0n) is 46.1. The third-order valence-corrected chi connectivity index (χ3v) is 13.8. The minimum Gasteiger partial charge on any atom is -0.469 e. The molecular weight excluding hydrogens is 1040 g/mol. The molecule has 0 saturated carbocycles. The second-order valence-corrected chi connectivity index (χ2v) is 20.9. The van der Waals surface area contributed by atoms with Gasteiger partial charge in [0.05, 0.1) is 86.7 Å². The minimum absolute atomic E-state index is 0.132. The molecule has 2 heterocycles. The van der Waals surface area contributed by atoms with Crippen LogP contribution < -0.4 is 11.5 Å². The van der Waals surface area contributed by atoms with Gasteiger partial charge in [-0.15, -0.1) is 0 Å². The number of esters is 2. The molecule has 2 aliphatic rings. The lowest BCUT2D eigenvalue weighted by molar-refractivity contribution is -0.277. The molecule has 0 spiro atoms. The first-order chi connectivity index (χ1) is 37.9. The summed E-state index contributed by atoms with van der Waals surface area (Å²) in [5.41, 5.74) is 12.7. The Morgan fingerprint density at radius 3 is 1.69 bits per heavy atom.